The fourth-order valence-electron chi connectivity index (χ4n) is 2.41. The summed E-state index contributed by atoms with van der Waals surface area (Å²) in [5.74, 6) is 1.52. The molecule has 0 aliphatic heterocycles. The Balaban J connectivity index is 2.27. The molecule has 0 bridgehead atoms. The van der Waals surface area contributed by atoms with Crippen LogP contribution in [0.5, 0.6) is 5.75 Å². The molecule has 2 aromatic heterocycles. The molecule has 0 aliphatic carbocycles. The zero-order valence-corrected chi connectivity index (χ0v) is 14.0. The Hall–Kier alpha value is -1.88. The van der Waals surface area contributed by atoms with E-state index < -0.39 is 0 Å². The van der Waals surface area contributed by atoms with Crippen molar-refractivity contribution in [3.05, 3.63) is 45.8 Å². The van der Waals surface area contributed by atoms with Gasteiger partial charge in [-0.25, -0.2) is 9.97 Å². The van der Waals surface area contributed by atoms with Gasteiger partial charge in [-0.15, -0.1) is 0 Å². The zero-order chi connectivity index (χ0) is 15.1. The van der Waals surface area contributed by atoms with Crippen molar-refractivity contribution < 1.29 is 4.74 Å². The van der Waals surface area contributed by atoms with E-state index in [-0.39, 0.29) is 0 Å². The van der Waals surface area contributed by atoms with Crippen LogP contribution in [0.4, 0.5) is 0 Å². The summed E-state index contributed by atoms with van der Waals surface area (Å²) in [5.41, 5.74) is 5.04. The Morgan fingerprint density at radius 2 is 1.90 bits per heavy atom. The quantitative estimate of drug-likeness (QED) is 0.702. The zero-order valence-electron chi connectivity index (χ0n) is 12.4. The predicted molar refractivity (Wildman–Crippen MR) is 86.9 cm³/mol. The molecule has 0 amide bonds. The van der Waals surface area contributed by atoms with Crippen LogP contribution in [0.15, 0.2) is 28.9 Å². The van der Waals surface area contributed by atoms with Crippen LogP contribution < -0.4 is 4.74 Å². The summed E-state index contributed by atoms with van der Waals surface area (Å²) in [4.78, 5) is 9.17. The highest BCUT2D eigenvalue weighted by molar-refractivity contribution is 9.10. The lowest BCUT2D eigenvalue weighted by atomic mass is 10.1. The fourth-order valence-corrected chi connectivity index (χ4v) is 2.69. The summed E-state index contributed by atoms with van der Waals surface area (Å²) in [5, 5.41) is 0. The van der Waals surface area contributed by atoms with Gasteiger partial charge in [0.1, 0.15) is 5.75 Å². The standard InChI is InChI=1S/C16H16BrN3O/c1-9-5-6-14(21-4)12(7-9)13-8-20-11(3)15(17)10(2)18-16(20)19-13/h5-8H,1-4H3. The van der Waals surface area contributed by atoms with E-state index in [1.165, 1.54) is 5.56 Å². The molecule has 0 saturated carbocycles. The first-order chi connectivity index (χ1) is 10.0. The number of halogens is 1. The van der Waals surface area contributed by atoms with Gasteiger partial charge < -0.3 is 4.74 Å². The van der Waals surface area contributed by atoms with E-state index in [1.54, 1.807) is 7.11 Å². The predicted octanol–water partition coefficient (Wildman–Crippen LogP) is 4.09. The van der Waals surface area contributed by atoms with Crippen molar-refractivity contribution in [3.63, 3.8) is 0 Å². The molecule has 0 radical (unpaired) electrons. The van der Waals surface area contributed by atoms with E-state index in [4.69, 9.17) is 4.74 Å². The van der Waals surface area contributed by atoms with Gasteiger partial charge in [0, 0.05) is 17.5 Å². The van der Waals surface area contributed by atoms with Gasteiger partial charge in [-0.1, -0.05) is 11.6 Å². The third-order valence-electron chi connectivity index (χ3n) is 3.58. The van der Waals surface area contributed by atoms with Crippen LogP contribution in [0, 0.1) is 20.8 Å². The highest BCUT2D eigenvalue weighted by atomic mass is 79.9. The molecule has 3 rings (SSSR count). The van der Waals surface area contributed by atoms with Crippen LogP contribution in [0.1, 0.15) is 17.0 Å². The topological polar surface area (TPSA) is 39.4 Å². The molecule has 0 fully saturated rings. The summed E-state index contributed by atoms with van der Waals surface area (Å²) in [7, 11) is 1.67. The molecular formula is C16H16BrN3O. The molecule has 0 spiro atoms. The van der Waals surface area contributed by atoms with Gasteiger partial charge in [-0.05, 0) is 48.8 Å². The van der Waals surface area contributed by atoms with Crippen molar-refractivity contribution in [1.29, 1.82) is 0 Å². The smallest absolute Gasteiger partial charge is 0.234 e. The number of aryl methyl sites for hydroxylation is 3. The van der Waals surface area contributed by atoms with Gasteiger partial charge in [0.25, 0.3) is 0 Å². The van der Waals surface area contributed by atoms with Crippen molar-refractivity contribution in [2.75, 3.05) is 7.11 Å². The second-order valence-corrected chi connectivity index (χ2v) is 5.89. The molecule has 21 heavy (non-hydrogen) atoms. The SMILES string of the molecule is COc1ccc(C)cc1-c1cn2c(C)c(Br)c(C)nc2n1. The Morgan fingerprint density at radius 3 is 2.62 bits per heavy atom. The second kappa shape index (κ2) is 5.15. The van der Waals surface area contributed by atoms with Crippen LogP contribution in [0.2, 0.25) is 0 Å². The molecule has 0 aliphatic rings. The highest BCUT2D eigenvalue weighted by Gasteiger charge is 2.14. The van der Waals surface area contributed by atoms with Gasteiger partial charge in [0.15, 0.2) is 0 Å². The van der Waals surface area contributed by atoms with Crippen LogP contribution >= 0.6 is 15.9 Å². The van der Waals surface area contributed by atoms with E-state index in [2.05, 4.69) is 38.9 Å². The second-order valence-electron chi connectivity index (χ2n) is 5.10. The molecule has 2 heterocycles. The van der Waals surface area contributed by atoms with Crippen LogP contribution in [0.3, 0.4) is 0 Å². The van der Waals surface area contributed by atoms with Crippen molar-refractivity contribution >= 4 is 21.7 Å². The molecule has 0 atom stereocenters. The molecule has 108 valence electrons. The van der Waals surface area contributed by atoms with Crippen molar-refractivity contribution in [3.8, 4) is 17.0 Å². The fraction of sp³-hybridized carbons (Fsp3) is 0.250. The highest BCUT2D eigenvalue weighted by Crippen LogP contribution is 2.31. The monoisotopic (exact) mass is 345 g/mol. The normalized spacial score (nSPS) is 11.1. The van der Waals surface area contributed by atoms with Crippen LogP contribution in [-0.2, 0) is 0 Å². The van der Waals surface area contributed by atoms with Gasteiger partial charge in [-0.3, -0.25) is 4.40 Å². The summed E-state index contributed by atoms with van der Waals surface area (Å²) in [6, 6.07) is 6.08. The number of aromatic nitrogens is 3. The number of hydrogen-bond donors (Lipinski definition) is 0. The lowest BCUT2D eigenvalue weighted by Gasteiger charge is -2.06. The van der Waals surface area contributed by atoms with E-state index in [0.29, 0.717) is 5.78 Å². The average molecular weight is 346 g/mol. The Labute approximate surface area is 131 Å². The molecule has 0 N–H and O–H groups in total. The summed E-state index contributed by atoms with van der Waals surface area (Å²) in [6.07, 6.45) is 2.00. The van der Waals surface area contributed by atoms with E-state index in [1.807, 2.05) is 36.6 Å². The maximum absolute atomic E-state index is 5.45. The largest absolute Gasteiger partial charge is 0.496 e. The van der Waals surface area contributed by atoms with Crippen molar-refractivity contribution in [2.45, 2.75) is 20.8 Å². The number of imidazole rings is 1. The van der Waals surface area contributed by atoms with Gasteiger partial charge in [-0.2, -0.15) is 0 Å². The lowest BCUT2D eigenvalue weighted by Crippen LogP contribution is -1.97. The average Bonchev–Trinajstić information content (AvgIpc) is 2.88. The number of hydrogen-bond acceptors (Lipinski definition) is 3. The van der Waals surface area contributed by atoms with Crippen molar-refractivity contribution in [1.82, 2.24) is 14.4 Å². The number of methoxy groups -OCH3 is 1. The third-order valence-corrected chi connectivity index (χ3v) is 4.73. The number of ether oxygens (including phenoxy) is 1. The van der Waals surface area contributed by atoms with E-state index in [9.17, 15) is 0 Å². The third kappa shape index (κ3) is 2.31. The molecule has 4 nitrogen and oxygen atoms in total. The first-order valence-electron chi connectivity index (χ1n) is 6.68. The number of benzene rings is 1. The Bertz CT molecular complexity index is 839. The van der Waals surface area contributed by atoms with Crippen LogP contribution in [0.25, 0.3) is 17.0 Å². The van der Waals surface area contributed by atoms with Gasteiger partial charge in [0.05, 0.1) is 23.0 Å². The Kier molecular flexibility index (Phi) is 3.45. The van der Waals surface area contributed by atoms with E-state index in [0.717, 1.165) is 32.9 Å². The summed E-state index contributed by atoms with van der Waals surface area (Å²) in [6.45, 7) is 6.08. The molecule has 3 aromatic rings. The number of nitrogens with zero attached hydrogens (tertiary/aromatic N) is 3. The molecule has 1 aromatic carbocycles. The van der Waals surface area contributed by atoms with Crippen molar-refractivity contribution in [2.24, 2.45) is 0 Å². The van der Waals surface area contributed by atoms with Crippen LogP contribution in [-0.4, -0.2) is 21.5 Å². The maximum Gasteiger partial charge on any atom is 0.234 e. The number of rotatable bonds is 2. The Morgan fingerprint density at radius 1 is 1.14 bits per heavy atom. The minimum Gasteiger partial charge on any atom is -0.496 e. The maximum atomic E-state index is 5.45. The lowest BCUT2D eigenvalue weighted by molar-refractivity contribution is 0.416. The minimum absolute atomic E-state index is 0.701. The number of fused-ring (bicyclic) bond motifs is 1. The molecule has 0 unspecified atom stereocenters. The van der Waals surface area contributed by atoms with Gasteiger partial charge >= 0.3 is 0 Å². The summed E-state index contributed by atoms with van der Waals surface area (Å²) < 4.78 is 8.45. The van der Waals surface area contributed by atoms with Gasteiger partial charge in [0.2, 0.25) is 5.78 Å². The van der Waals surface area contributed by atoms with E-state index >= 15 is 0 Å². The first kappa shape index (κ1) is 14.1. The summed E-state index contributed by atoms with van der Waals surface area (Å²) >= 11 is 3.57. The first-order valence-corrected chi connectivity index (χ1v) is 7.47. The molecule has 0 saturated heterocycles. The minimum atomic E-state index is 0.701. The molecule has 5 heteroatoms. The molecular weight excluding hydrogens is 330 g/mol.